The molecule has 1 aromatic rings. The normalized spacial score (nSPS) is 44.4. The van der Waals surface area contributed by atoms with Crippen molar-refractivity contribution in [1.29, 1.82) is 0 Å². The van der Waals surface area contributed by atoms with E-state index in [1.165, 1.54) is 12.0 Å². The highest BCUT2D eigenvalue weighted by atomic mass is 17.3. The molecule has 1 spiro atoms. The molecule has 22 heavy (non-hydrogen) atoms. The molecule has 3 heterocycles. The van der Waals surface area contributed by atoms with Crippen LogP contribution in [0.25, 0.3) is 0 Å². The van der Waals surface area contributed by atoms with Crippen molar-refractivity contribution in [2.45, 2.75) is 62.6 Å². The van der Waals surface area contributed by atoms with E-state index in [1.54, 1.807) is 7.11 Å². The van der Waals surface area contributed by atoms with Crippen molar-refractivity contribution in [3.63, 3.8) is 0 Å². The van der Waals surface area contributed by atoms with Gasteiger partial charge in [0, 0.05) is 13.0 Å². The first-order valence-corrected chi connectivity index (χ1v) is 8.30. The van der Waals surface area contributed by atoms with E-state index in [1.807, 2.05) is 13.0 Å². The average Bonchev–Trinajstić information content (AvgIpc) is 2.76. The summed E-state index contributed by atoms with van der Waals surface area (Å²) in [7, 11) is 1.70. The molecule has 0 aromatic heterocycles. The zero-order valence-electron chi connectivity index (χ0n) is 13.3. The molecule has 0 N–H and O–H groups in total. The van der Waals surface area contributed by atoms with Crippen molar-refractivity contribution >= 4 is 0 Å². The Morgan fingerprint density at radius 2 is 1.95 bits per heavy atom. The van der Waals surface area contributed by atoms with Crippen LogP contribution in [0.3, 0.4) is 0 Å². The summed E-state index contributed by atoms with van der Waals surface area (Å²) in [6, 6.07) is 10.5. The molecule has 4 nitrogen and oxygen atoms in total. The molecule has 5 atom stereocenters. The summed E-state index contributed by atoms with van der Waals surface area (Å²) >= 11 is 0. The van der Waals surface area contributed by atoms with Gasteiger partial charge in [0.25, 0.3) is 0 Å². The Morgan fingerprint density at radius 3 is 2.73 bits per heavy atom. The lowest BCUT2D eigenvalue weighted by Gasteiger charge is -2.49. The third-order valence-electron chi connectivity index (χ3n) is 5.73. The lowest BCUT2D eigenvalue weighted by atomic mass is 9.70. The highest BCUT2D eigenvalue weighted by Crippen LogP contribution is 2.56. The maximum absolute atomic E-state index is 6.30. The quantitative estimate of drug-likeness (QED) is 0.779. The van der Waals surface area contributed by atoms with Gasteiger partial charge < -0.3 is 9.47 Å². The Balaban J connectivity index is 1.77. The van der Waals surface area contributed by atoms with Crippen molar-refractivity contribution in [2.24, 2.45) is 5.92 Å². The molecule has 2 unspecified atom stereocenters. The van der Waals surface area contributed by atoms with Crippen LogP contribution in [0, 0.1) is 5.92 Å². The van der Waals surface area contributed by atoms with Crippen molar-refractivity contribution < 1.29 is 19.2 Å². The van der Waals surface area contributed by atoms with Crippen LogP contribution in [0.1, 0.15) is 50.5 Å². The van der Waals surface area contributed by atoms with Gasteiger partial charge >= 0.3 is 0 Å². The lowest BCUT2D eigenvalue weighted by molar-refractivity contribution is -0.550. The van der Waals surface area contributed by atoms with Crippen LogP contribution in [0.15, 0.2) is 30.3 Å². The van der Waals surface area contributed by atoms with Crippen LogP contribution in [0.5, 0.6) is 0 Å². The van der Waals surface area contributed by atoms with Gasteiger partial charge in [-0.1, -0.05) is 43.2 Å². The highest BCUT2D eigenvalue weighted by molar-refractivity contribution is 5.23. The van der Waals surface area contributed by atoms with Crippen molar-refractivity contribution in [1.82, 2.24) is 0 Å². The molecule has 5 rings (SSSR count). The third kappa shape index (κ3) is 2.05. The van der Waals surface area contributed by atoms with Crippen LogP contribution in [-0.4, -0.2) is 24.8 Å². The summed E-state index contributed by atoms with van der Waals surface area (Å²) < 4.78 is 12.0. The van der Waals surface area contributed by atoms with Gasteiger partial charge in [0.1, 0.15) is 0 Å². The molecule has 1 aromatic carbocycles. The molecule has 4 heteroatoms. The van der Waals surface area contributed by atoms with E-state index in [0.29, 0.717) is 5.92 Å². The monoisotopic (exact) mass is 304 g/mol. The van der Waals surface area contributed by atoms with E-state index >= 15 is 0 Å². The maximum Gasteiger partial charge on any atom is 0.208 e. The van der Waals surface area contributed by atoms with Crippen LogP contribution in [0.2, 0.25) is 0 Å². The molecule has 4 aliphatic rings. The average molecular weight is 304 g/mol. The fourth-order valence-corrected chi connectivity index (χ4v) is 4.52. The summed E-state index contributed by atoms with van der Waals surface area (Å²) in [6.45, 7) is 1.97. The second-order valence-corrected chi connectivity index (χ2v) is 6.96. The van der Waals surface area contributed by atoms with Gasteiger partial charge in [-0.3, -0.25) is 0 Å². The number of methoxy groups -OCH3 is 1. The van der Waals surface area contributed by atoms with Gasteiger partial charge in [-0.2, -0.15) is 4.89 Å². The molecule has 4 fully saturated rings. The van der Waals surface area contributed by atoms with E-state index in [2.05, 4.69) is 24.3 Å². The Kier molecular flexibility index (Phi) is 3.53. The number of benzene rings is 1. The topological polar surface area (TPSA) is 36.9 Å². The van der Waals surface area contributed by atoms with Crippen LogP contribution in [-0.2, 0) is 19.2 Å². The molecule has 0 amide bonds. The minimum Gasteiger partial charge on any atom is -0.353 e. The van der Waals surface area contributed by atoms with E-state index in [4.69, 9.17) is 19.2 Å². The molecule has 2 bridgehead atoms. The summed E-state index contributed by atoms with van der Waals surface area (Å²) in [5.41, 5.74) is 0.794. The molecule has 0 radical (unpaired) electrons. The number of ether oxygens (including phenoxy) is 2. The minimum absolute atomic E-state index is 0.152. The first-order chi connectivity index (χ1) is 10.7. The van der Waals surface area contributed by atoms with Gasteiger partial charge in [-0.25, -0.2) is 4.89 Å². The molecule has 3 aliphatic heterocycles. The summed E-state index contributed by atoms with van der Waals surface area (Å²) in [4.78, 5) is 11.8. The largest absolute Gasteiger partial charge is 0.353 e. The van der Waals surface area contributed by atoms with Crippen molar-refractivity contribution in [3.8, 4) is 0 Å². The second kappa shape index (κ2) is 5.31. The van der Waals surface area contributed by atoms with Crippen LogP contribution < -0.4 is 0 Å². The van der Waals surface area contributed by atoms with Crippen LogP contribution >= 0.6 is 0 Å². The first-order valence-electron chi connectivity index (χ1n) is 8.30. The molecule has 3 saturated heterocycles. The fourth-order valence-electron chi connectivity index (χ4n) is 4.52. The second-order valence-electron chi connectivity index (χ2n) is 6.96. The maximum atomic E-state index is 6.30. The number of rotatable bonds is 2. The minimum atomic E-state index is -0.801. The van der Waals surface area contributed by atoms with Gasteiger partial charge in [-0.05, 0) is 37.7 Å². The zero-order valence-corrected chi connectivity index (χ0v) is 13.3. The molecular weight excluding hydrogens is 280 g/mol. The van der Waals surface area contributed by atoms with Gasteiger partial charge in [0.2, 0.25) is 5.79 Å². The smallest absolute Gasteiger partial charge is 0.208 e. The number of hydrogen-bond donors (Lipinski definition) is 0. The first kappa shape index (κ1) is 14.6. The fraction of sp³-hybridized carbons (Fsp3) is 0.667. The standard InChI is InChI=1S/C18H24O4/c1-17-15(13-8-4-3-5-9-13)12-14-10-6-7-11-18(14,22-21-17)16(19-2)20-17/h3-5,8-9,14-16H,6-7,10-12H2,1-2H3/t14-,15?,16?,17-,18+/m1/s1. The van der Waals surface area contributed by atoms with Crippen LogP contribution in [0.4, 0.5) is 0 Å². The number of hydrogen-bond acceptors (Lipinski definition) is 4. The van der Waals surface area contributed by atoms with E-state index in [0.717, 1.165) is 25.7 Å². The summed E-state index contributed by atoms with van der Waals surface area (Å²) in [6.07, 6.45) is 5.12. The Morgan fingerprint density at radius 1 is 1.14 bits per heavy atom. The van der Waals surface area contributed by atoms with Gasteiger partial charge in [-0.15, -0.1) is 0 Å². The van der Waals surface area contributed by atoms with E-state index in [-0.39, 0.29) is 12.2 Å². The predicted octanol–water partition coefficient (Wildman–Crippen LogP) is 3.77. The predicted molar refractivity (Wildman–Crippen MR) is 80.9 cm³/mol. The van der Waals surface area contributed by atoms with Crippen molar-refractivity contribution in [2.75, 3.05) is 7.11 Å². The third-order valence-corrected chi connectivity index (χ3v) is 5.73. The molecule has 1 aliphatic carbocycles. The Bertz CT molecular complexity index is 533. The highest BCUT2D eigenvalue weighted by Gasteiger charge is 2.63. The van der Waals surface area contributed by atoms with Gasteiger partial charge in [0.15, 0.2) is 11.9 Å². The summed E-state index contributed by atoms with van der Waals surface area (Å²) in [5, 5.41) is 0. The SMILES string of the molecule is COC1O[C@]2(C)OO[C@]13CCCC[C@@H]3CC2c1ccccc1. The Labute approximate surface area is 131 Å². The van der Waals surface area contributed by atoms with Gasteiger partial charge in [0.05, 0.1) is 0 Å². The molecule has 1 saturated carbocycles. The number of fused-ring (bicyclic) bond motifs is 3. The van der Waals surface area contributed by atoms with Crippen molar-refractivity contribution in [3.05, 3.63) is 35.9 Å². The molecule has 120 valence electrons. The lowest BCUT2D eigenvalue weighted by Crippen LogP contribution is -2.59. The zero-order chi connectivity index (χ0) is 15.2. The van der Waals surface area contributed by atoms with E-state index < -0.39 is 11.4 Å². The molecular formula is C18H24O4. The Hall–Kier alpha value is -0.940. The van der Waals surface area contributed by atoms with E-state index in [9.17, 15) is 0 Å². The summed E-state index contributed by atoms with van der Waals surface area (Å²) in [5.74, 6) is -0.246.